The normalized spacial score (nSPS) is 13.3. The number of nitrogens with one attached hydrogen (secondary N) is 2. The van der Waals surface area contributed by atoms with Crippen LogP contribution in [0.15, 0.2) is 57.2 Å². The topological polar surface area (TPSA) is 273 Å². The van der Waals surface area contributed by atoms with Gasteiger partial charge >= 0.3 is 0 Å². The van der Waals surface area contributed by atoms with E-state index < -0.39 is 112 Å². The minimum Gasteiger partial charge on any atom is -0.397 e. The van der Waals surface area contributed by atoms with Crippen LogP contribution < -0.4 is 16.4 Å². The number of hydrogen-bond acceptors (Lipinski definition) is 13. The standard InChI is InChI=1S/C24H14Cl3N5O11S3/c25-18-22(26)31-24(27)32-23(18)30-11-5-10(13(44(35,36)37)7-14(11)45(38,39)40)29-12-6-15(46(41,42)43)19(28)17-16(12)20(33)8-3-1-2-4-9(8)21(17)34/h1-7,29H,28H2,(H,30,31,32)(H,35,36,37)(H,38,39,40)(H,41,42,43). The van der Waals surface area contributed by atoms with E-state index in [0.29, 0.717) is 18.2 Å². The van der Waals surface area contributed by atoms with Crippen molar-refractivity contribution >= 4 is 105 Å². The maximum Gasteiger partial charge on any atom is 0.296 e. The summed E-state index contributed by atoms with van der Waals surface area (Å²) in [5.41, 5.74) is 1.52. The van der Waals surface area contributed by atoms with Gasteiger partial charge in [0.1, 0.15) is 19.7 Å². The van der Waals surface area contributed by atoms with Crippen molar-refractivity contribution in [2.75, 3.05) is 16.4 Å². The molecule has 0 fully saturated rings. The van der Waals surface area contributed by atoms with Gasteiger partial charge < -0.3 is 16.4 Å². The van der Waals surface area contributed by atoms with E-state index in [-0.39, 0.29) is 11.1 Å². The van der Waals surface area contributed by atoms with Crippen LogP contribution >= 0.6 is 34.8 Å². The number of anilines is 5. The molecule has 1 aliphatic rings. The van der Waals surface area contributed by atoms with Crippen LogP contribution in [-0.2, 0) is 30.4 Å². The van der Waals surface area contributed by atoms with Gasteiger partial charge in [0.05, 0.1) is 33.9 Å². The zero-order chi connectivity index (χ0) is 34.1. The molecule has 0 spiro atoms. The third-order valence-electron chi connectivity index (χ3n) is 6.42. The number of nitrogens with two attached hydrogens (primary N) is 1. The first kappa shape index (κ1) is 33.4. The number of ketones is 2. The SMILES string of the molecule is Nc1c(S(=O)(=O)O)cc(Nc2cc(Nc3nc(Cl)nc(Cl)c3Cl)c(S(=O)(=O)O)cc2S(=O)(=O)O)c2c1C(=O)c1ccccc1C2=O. The number of rotatable bonds is 7. The highest BCUT2D eigenvalue weighted by atomic mass is 35.5. The molecule has 0 saturated carbocycles. The summed E-state index contributed by atoms with van der Waals surface area (Å²) in [5, 5.41) is 3.49. The number of hydrogen-bond donors (Lipinski definition) is 6. The van der Waals surface area contributed by atoms with Crippen molar-refractivity contribution in [1.82, 2.24) is 9.97 Å². The van der Waals surface area contributed by atoms with Crippen molar-refractivity contribution in [1.29, 1.82) is 0 Å². The molecule has 0 atom stereocenters. The van der Waals surface area contributed by atoms with E-state index in [2.05, 4.69) is 20.6 Å². The van der Waals surface area contributed by atoms with Gasteiger partial charge in [-0.15, -0.1) is 0 Å². The van der Waals surface area contributed by atoms with E-state index in [1.165, 1.54) is 24.3 Å². The van der Waals surface area contributed by atoms with Gasteiger partial charge in [0, 0.05) is 11.1 Å². The Hall–Kier alpha value is -3.92. The average molecular weight is 751 g/mol. The highest BCUT2D eigenvalue weighted by Gasteiger charge is 2.37. The molecule has 0 amide bonds. The molecule has 46 heavy (non-hydrogen) atoms. The maximum absolute atomic E-state index is 13.6. The molecule has 0 bridgehead atoms. The van der Waals surface area contributed by atoms with Crippen LogP contribution in [0.2, 0.25) is 15.5 Å². The Kier molecular flexibility index (Phi) is 8.29. The number of benzene rings is 3. The van der Waals surface area contributed by atoms with Gasteiger partial charge in [-0.25, -0.2) is 4.98 Å². The average Bonchev–Trinajstić information content (AvgIpc) is 2.93. The molecule has 240 valence electrons. The Morgan fingerprint density at radius 2 is 1.15 bits per heavy atom. The Morgan fingerprint density at radius 3 is 1.67 bits per heavy atom. The lowest BCUT2D eigenvalue weighted by Crippen LogP contribution is -2.25. The molecule has 5 rings (SSSR count). The van der Waals surface area contributed by atoms with E-state index in [0.717, 1.165) is 0 Å². The van der Waals surface area contributed by atoms with E-state index in [1.807, 2.05) is 0 Å². The molecule has 0 saturated heterocycles. The van der Waals surface area contributed by atoms with E-state index in [1.54, 1.807) is 0 Å². The molecule has 3 aromatic carbocycles. The Bertz CT molecular complexity index is 2390. The second kappa shape index (κ2) is 11.4. The van der Waals surface area contributed by atoms with Crippen LogP contribution in [-0.4, -0.2) is 60.4 Å². The molecule has 7 N–H and O–H groups in total. The van der Waals surface area contributed by atoms with Crippen LogP contribution in [0.1, 0.15) is 31.8 Å². The second-order valence-electron chi connectivity index (χ2n) is 9.26. The first-order valence-electron chi connectivity index (χ1n) is 11.9. The second-order valence-corrected chi connectivity index (χ2v) is 14.5. The molecule has 1 aromatic heterocycles. The molecule has 4 aromatic rings. The minimum absolute atomic E-state index is 0.145. The van der Waals surface area contributed by atoms with Crippen molar-refractivity contribution in [3.05, 3.63) is 80.2 Å². The van der Waals surface area contributed by atoms with Crippen LogP contribution in [0.4, 0.5) is 28.6 Å². The van der Waals surface area contributed by atoms with Crippen LogP contribution in [0.25, 0.3) is 0 Å². The van der Waals surface area contributed by atoms with Gasteiger partial charge in [-0.1, -0.05) is 47.5 Å². The summed E-state index contributed by atoms with van der Waals surface area (Å²) in [4.78, 5) is 31.0. The Balaban J connectivity index is 1.83. The smallest absolute Gasteiger partial charge is 0.296 e. The first-order chi connectivity index (χ1) is 21.2. The quantitative estimate of drug-likeness (QED) is 0.0593. The summed E-state index contributed by atoms with van der Waals surface area (Å²) >= 11 is 17.8. The van der Waals surface area contributed by atoms with E-state index in [9.17, 15) is 48.5 Å². The van der Waals surface area contributed by atoms with Crippen molar-refractivity contribution in [2.24, 2.45) is 0 Å². The number of carbonyl (C=O) groups is 2. The predicted molar refractivity (Wildman–Crippen MR) is 164 cm³/mol. The van der Waals surface area contributed by atoms with E-state index >= 15 is 0 Å². The van der Waals surface area contributed by atoms with Gasteiger partial charge in [-0.2, -0.15) is 30.2 Å². The molecule has 16 nitrogen and oxygen atoms in total. The zero-order valence-corrected chi connectivity index (χ0v) is 26.7. The molecule has 22 heteroatoms. The molecule has 1 aliphatic carbocycles. The summed E-state index contributed by atoms with van der Waals surface area (Å²) in [6.07, 6.45) is 0. The van der Waals surface area contributed by atoms with Crippen molar-refractivity contribution in [3.8, 4) is 0 Å². The summed E-state index contributed by atoms with van der Waals surface area (Å²) < 4.78 is 104. The largest absolute Gasteiger partial charge is 0.397 e. The highest BCUT2D eigenvalue weighted by Crippen LogP contribution is 2.42. The number of aromatic nitrogens is 2. The summed E-state index contributed by atoms with van der Waals surface area (Å²) in [6, 6.07) is 6.98. The Morgan fingerprint density at radius 1 is 0.652 bits per heavy atom. The van der Waals surface area contributed by atoms with Crippen LogP contribution in [0, 0.1) is 0 Å². The maximum atomic E-state index is 13.6. The number of halogens is 3. The number of nitrogen functional groups attached to an aromatic ring is 1. The molecule has 0 aliphatic heterocycles. The first-order valence-corrected chi connectivity index (χ1v) is 17.3. The van der Waals surface area contributed by atoms with Gasteiger partial charge in [-0.3, -0.25) is 23.2 Å². The lowest BCUT2D eigenvalue weighted by molar-refractivity contribution is 0.0980. The fraction of sp³-hybridized carbons (Fsp3) is 0. The summed E-state index contributed by atoms with van der Waals surface area (Å²) in [7, 11) is -15.9. The highest BCUT2D eigenvalue weighted by molar-refractivity contribution is 7.87. The fourth-order valence-electron chi connectivity index (χ4n) is 4.54. The zero-order valence-electron chi connectivity index (χ0n) is 22.0. The van der Waals surface area contributed by atoms with Crippen LogP contribution in [0.3, 0.4) is 0 Å². The molecule has 0 radical (unpaired) electrons. The van der Waals surface area contributed by atoms with Gasteiger partial charge in [0.25, 0.3) is 30.4 Å². The number of carbonyl (C=O) groups excluding carboxylic acids is 2. The van der Waals surface area contributed by atoms with Gasteiger partial charge in [-0.05, 0) is 29.8 Å². The number of fused-ring (bicyclic) bond motifs is 2. The summed E-state index contributed by atoms with van der Waals surface area (Å²) in [5.74, 6) is -2.26. The minimum atomic E-state index is -5.39. The monoisotopic (exact) mass is 749 g/mol. The van der Waals surface area contributed by atoms with Gasteiger partial charge in [0.2, 0.25) is 5.28 Å². The van der Waals surface area contributed by atoms with Crippen molar-refractivity contribution < 1.29 is 48.5 Å². The lowest BCUT2D eigenvalue weighted by Gasteiger charge is -2.24. The number of nitrogens with zero attached hydrogens (tertiary/aromatic N) is 2. The molecular weight excluding hydrogens is 737 g/mol. The molecule has 0 unspecified atom stereocenters. The Labute approximate surface area is 273 Å². The van der Waals surface area contributed by atoms with Crippen molar-refractivity contribution in [3.63, 3.8) is 0 Å². The fourth-order valence-corrected chi connectivity index (χ4v) is 7.08. The van der Waals surface area contributed by atoms with E-state index in [4.69, 9.17) is 40.5 Å². The molecule has 1 heterocycles. The third kappa shape index (κ3) is 5.99. The predicted octanol–water partition coefficient (Wildman–Crippen LogP) is 4.02. The molecular formula is C24H14Cl3N5O11S3. The summed E-state index contributed by atoms with van der Waals surface area (Å²) in [6.45, 7) is 0. The third-order valence-corrected chi connectivity index (χ3v) is 10.00. The van der Waals surface area contributed by atoms with Crippen LogP contribution in [0.5, 0.6) is 0 Å². The van der Waals surface area contributed by atoms with Gasteiger partial charge in [0.15, 0.2) is 22.5 Å². The lowest BCUT2D eigenvalue weighted by atomic mass is 9.82. The van der Waals surface area contributed by atoms with Crippen molar-refractivity contribution in [2.45, 2.75) is 14.7 Å².